The molecule has 1 saturated carbocycles. The zero-order valence-electron chi connectivity index (χ0n) is 11.9. The van der Waals surface area contributed by atoms with E-state index in [2.05, 4.69) is 31.2 Å². The Morgan fingerprint density at radius 1 is 1.11 bits per heavy atom. The number of allylic oxidation sites excluding steroid dienone is 1. The average Bonchev–Trinajstić information content (AvgIpc) is 2.47. The van der Waals surface area contributed by atoms with Crippen molar-refractivity contribution in [3.63, 3.8) is 0 Å². The molecule has 1 aromatic rings. The highest BCUT2D eigenvalue weighted by atomic mass is 16.3. The van der Waals surface area contributed by atoms with Crippen LogP contribution in [0.2, 0.25) is 0 Å². The molecule has 0 bridgehead atoms. The van der Waals surface area contributed by atoms with E-state index in [1.807, 2.05) is 0 Å². The standard InChI is InChI=1S/C18H24O/c1-2-13-3-4-17-12-16(6-5-15(17)11-13)14-7-9-18(19)10-8-14/h5-6,11-12,14,18-19H,2-4,7-10H2,1H3. The Balaban J connectivity index is 1.81. The predicted molar refractivity (Wildman–Crippen MR) is 80.2 cm³/mol. The first kappa shape index (κ1) is 12.9. The smallest absolute Gasteiger partial charge is 0.0540 e. The molecule has 0 amide bonds. The summed E-state index contributed by atoms with van der Waals surface area (Å²) in [5.41, 5.74) is 6.04. The van der Waals surface area contributed by atoms with E-state index >= 15 is 0 Å². The van der Waals surface area contributed by atoms with Gasteiger partial charge in [-0.25, -0.2) is 0 Å². The van der Waals surface area contributed by atoms with Crippen LogP contribution in [-0.4, -0.2) is 11.2 Å². The van der Waals surface area contributed by atoms with Gasteiger partial charge < -0.3 is 5.11 Å². The van der Waals surface area contributed by atoms with Crippen molar-refractivity contribution in [1.82, 2.24) is 0 Å². The Morgan fingerprint density at radius 3 is 2.63 bits per heavy atom. The molecule has 0 atom stereocenters. The molecule has 0 saturated heterocycles. The van der Waals surface area contributed by atoms with Crippen LogP contribution in [0.5, 0.6) is 0 Å². The summed E-state index contributed by atoms with van der Waals surface area (Å²) in [5.74, 6) is 0.672. The lowest BCUT2D eigenvalue weighted by Crippen LogP contribution is -2.17. The number of hydrogen-bond donors (Lipinski definition) is 1. The van der Waals surface area contributed by atoms with Gasteiger partial charge in [-0.2, -0.15) is 0 Å². The van der Waals surface area contributed by atoms with Gasteiger partial charge in [0, 0.05) is 0 Å². The highest BCUT2D eigenvalue weighted by Crippen LogP contribution is 2.35. The van der Waals surface area contributed by atoms with Gasteiger partial charge in [0.15, 0.2) is 0 Å². The lowest BCUT2D eigenvalue weighted by Gasteiger charge is -2.27. The molecule has 0 aliphatic heterocycles. The second-order valence-electron chi connectivity index (χ2n) is 6.12. The second-order valence-corrected chi connectivity index (χ2v) is 6.12. The fourth-order valence-electron chi connectivity index (χ4n) is 3.51. The van der Waals surface area contributed by atoms with E-state index in [0.29, 0.717) is 5.92 Å². The fraction of sp³-hybridized carbons (Fsp3) is 0.556. The number of aliphatic hydroxyl groups is 1. The first-order chi connectivity index (χ1) is 9.26. The van der Waals surface area contributed by atoms with Crippen LogP contribution in [0.3, 0.4) is 0 Å². The van der Waals surface area contributed by atoms with Gasteiger partial charge in [0.05, 0.1) is 6.10 Å². The Bertz CT molecular complexity index is 478. The van der Waals surface area contributed by atoms with E-state index in [-0.39, 0.29) is 6.10 Å². The van der Waals surface area contributed by atoms with E-state index in [9.17, 15) is 5.11 Å². The molecule has 0 spiro atoms. The summed E-state index contributed by atoms with van der Waals surface area (Å²) in [6.45, 7) is 2.25. The van der Waals surface area contributed by atoms with Gasteiger partial charge in [0.2, 0.25) is 0 Å². The van der Waals surface area contributed by atoms with Crippen molar-refractivity contribution in [3.05, 3.63) is 40.5 Å². The number of hydrogen-bond acceptors (Lipinski definition) is 1. The van der Waals surface area contributed by atoms with Crippen LogP contribution < -0.4 is 0 Å². The molecule has 1 heteroatoms. The van der Waals surface area contributed by atoms with Crippen molar-refractivity contribution in [2.24, 2.45) is 0 Å². The largest absolute Gasteiger partial charge is 0.393 e. The van der Waals surface area contributed by atoms with Gasteiger partial charge in [0.25, 0.3) is 0 Å². The van der Waals surface area contributed by atoms with Crippen LogP contribution in [0.4, 0.5) is 0 Å². The minimum Gasteiger partial charge on any atom is -0.393 e. The Morgan fingerprint density at radius 2 is 1.89 bits per heavy atom. The van der Waals surface area contributed by atoms with Gasteiger partial charge in [-0.15, -0.1) is 0 Å². The van der Waals surface area contributed by atoms with E-state index in [1.165, 1.54) is 36.0 Å². The normalized spacial score (nSPS) is 26.7. The molecule has 0 heterocycles. The minimum absolute atomic E-state index is 0.0519. The molecular weight excluding hydrogens is 232 g/mol. The molecule has 102 valence electrons. The third-order valence-corrected chi connectivity index (χ3v) is 4.86. The van der Waals surface area contributed by atoms with Gasteiger partial charge in [-0.3, -0.25) is 0 Å². The lowest BCUT2D eigenvalue weighted by molar-refractivity contribution is 0.122. The first-order valence-corrected chi connectivity index (χ1v) is 7.76. The summed E-state index contributed by atoms with van der Waals surface area (Å²) in [6.07, 6.45) is 10.2. The zero-order chi connectivity index (χ0) is 13.2. The number of benzene rings is 1. The van der Waals surface area contributed by atoms with Gasteiger partial charge in [0.1, 0.15) is 0 Å². The van der Waals surface area contributed by atoms with E-state index in [4.69, 9.17) is 0 Å². The van der Waals surface area contributed by atoms with E-state index < -0.39 is 0 Å². The quantitative estimate of drug-likeness (QED) is 0.829. The topological polar surface area (TPSA) is 20.2 Å². The van der Waals surface area contributed by atoms with Crippen LogP contribution in [0.25, 0.3) is 6.08 Å². The maximum absolute atomic E-state index is 9.61. The zero-order valence-corrected chi connectivity index (χ0v) is 11.9. The van der Waals surface area contributed by atoms with Crippen LogP contribution >= 0.6 is 0 Å². The highest BCUT2D eigenvalue weighted by Gasteiger charge is 2.21. The summed E-state index contributed by atoms with van der Waals surface area (Å²) >= 11 is 0. The van der Waals surface area contributed by atoms with Gasteiger partial charge in [-0.05, 0) is 67.6 Å². The number of aliphatic hydroxyl groups excluding tert-OH is 1. The van der Waals surface area contributed by atoms with Crippen molar-refractivity contribution >= 4 is 6.08 Å². The van der Waals surface area contributed by atoms with Crippen LogP contribution in [0.15, 0.2) is 23.8 Å². The van der Waals surface area contributed by atoms with E-state index in [0.717, 1.165) is 25.7 Å². The Labute approximate surface area is 116 Å². The number of fused-ring (bicyclic) bond motifs is 1. The molecule has 1 N–H and O–H groups in total. The number of aryl methyl sites for hydroxylation is 1. The van der Waals surface area contributed by atoms with Crippen LogP contribution in [0, 0.1) is 0 Å². The molecule has 3 rings (SSSR count). The second kappa shape index (κ2) is 5.50. The van der Waals surface area contributed by atoms with E-state index in [1.54, 1.807) is 5.57 Å². The summed E-state index contributed by atoms with van der Waals surface area (Å²) < 4.78 is 0. The highest BCUT2D eigenvalue weighted by molar-refractivity contribution is 5.60. The van der Waals surface area contributed by atoms with Crippen molar-refractivity contribution in [2.45, 2.75) is 63.9 Å². The minimum atomic E-state index is -0.0519. The monoisotopic (exact) mass is 256 g/mol. The third-order valence-electron chi connectivity index (χ3n) is 4.86. The molecule has 1 fully saturated rings. The van der Waals surface area contributed by atoms with Crippen molar-refractivity contribution < 1.29 is 5.11 Å². The summed E-state index contributed by atoms with van der Waals surface area (Å²) in [7, 11) is 0. The maximum Gasteiger partial charge on any atom is 0.0540 e. The molecule has 1 aromatic carbocycles. The van der Waals surface area contributed by atoms with Crippen molar-refractivity contribution in [2.75, 3.05) is 0 Å². The molecule has 1 nitrogen and oxygen atoms in total. The third kappa shape index (κ3) is 2.76. The van der Waals surface area contributed by atoms with Crippen LogP contribution in [0.1, 0.15) is 68.1 Å². The molecule has 19 heavy (non-hydrogen) atoms. The van der Waals surface area contributed by atoms with Crippen molar-refractivity contribution in [3.8, 4) is 0 Å². The maximum atomic E-state index is 9.61. The summed E-state index contributed by atoms with van der Waals surface area (Å²) in [4.78, 5) is 0. The van der Waals surface area contributed by atoms with Gasteiger partial charge in [-0.1, -0.05) is 36.8 Å². The summed E-state index contributed by atoms with van der Waals surface area (Å²) in [6, 6.07) is 7.06. The number of rotatable bonds is 2. The molecule has 2 aliphatic carbocycles. The molecule has 0 aromatic heterocycles. The molecule has 0 unspecified atom stereocenters. The molecule has 2 aliphatic rings. The molecular formula is C18H24O. The molecule has 0 radical (unpaired) electrons. The SMILES string of the molecule is CCC1=Cc2ccc(C3CCC(O)CC3)cc2CC1. The van der Waals surface area contributed by atoms with Crippen LogP contribution in [-0.2, 0) is 6.42 Å². The first-order valence-electron chi connectivity index (χ1n) is 7.76. The Hall–Kier alpha value is -1.08. The fourth-order valence-corrected chi connectivity index (χ4v) is 3.51. The summed E-state index contributed by atoms with van der Waals surface area (Å²) in [5, 5.41) is 9.61. The average molecular weight is 256 g/mol. The Kier molecular flexibility index (Phi) is 3.74. The van der Waals surface area contributed by atoms with Crippen molar-refractivity contribution in [1.29, 1.82) is 0 Å². The lowest BCUT2D eigenvalue weighted by atomic mass is 9.80. The predicted octanol–water partition coefficient (Wildman–Crippen LogP) is 4.44. The van der Waals surface area contributed by atoms with Gasteiger partial charge >= 0.3 is 0 Å².